The summed E-state index contributed by atoms with van der Waals surface area (Å²) >= 11 is 12.7. The highest BCUT2D eigenvalue weighted by atomic mass is 35.5. The Balaban J connectivity index is 0.000000163. The molecule has 566 valence electrons. The Kier molecular flexibility index (Phi) is 30.3. The molecule has 2 aliphatic rings. The SMILES string of the molecule is COc1cc(CN(CCN2CCCCC2)C(=O)c2ccccc2Cl)ccc1OCc1ccccc1.COc1cc(CN(CCN2CCCCC2)S(=O)(=O)c2ccccc2Cl)ccc1OCc1ccccc1.COc1cc(CN(CCc2ccccn2)C(=O)c2ccc3ccccc3c2)ccc1OCc1ccccc1. The zero-order valence-corrected chi connectivity index (χ0v) is 64.6. The average molecular weight is 1520 g/mol. The highest BCUT2D eigenvalue weighted by Crippen LogP contribution is 2.35. The van der Waals surface area contributed by atoms with Crippen molar-refractivity contribution >= 4 is 55.8 Å². The van der Waals surface area contributed by atoms with Crippen LogP contribution in [0.5, 0.6) is 34.5 Å². The summed E-state index contributed by atoms with van der Waals surface area (Å²) in [4.78, 5) is 40.3. The van der Waals surface area contributed by atoms with E-state index in [1.807, 2.05) is 222 Å². The fourth-order valence-corrected chi connectivity index (χ4v) is 15.3. The Hall–Kier alpha value is -10.2. The number of nitrogens with zero attached hydrogens (tertiary/aromatic N) is 6. The van der Waals surface area contributed by atoms with Gasteiger partial charge in [0.25, 0.3) is 11.8 Å². The minimum atomic E-state index is -3.80. The number of ether oxygens (including phenoxy) is 6. The van der Waals surface area contributed by atoms with E-state index in [2.05, 4.69) is 20.9 Å². The molecule has 2 amide bonds. The minimum absolute atomic E-state index is 0.0185. The smallest absolute Gasteiger partial charge is 0.255 e. The Bertz CT molecular complexity index is 4790. The second-order valence-electron chi connectivity index (χ2n) is 26.9. The molecule has 0 bridgehead atoms. The number of sulfonamides is 1. The van der Waals surface area contributed by atoms with Crippen LogP contribution in [0.1, 0.15) is 98.3 Å². The summed E-state index contributed by atoms with van der Waals surface area (Å²) in [7, 11) is 1.05. The molecule has 0 spiro atoms. The van der Waals surface area contributed by atoms with Crippen LogP contribution >= 0.6 is 23.2 Å². The van der Waals surface area contributed by atoms with Crippen molar-refractivity contribution in [3.05, 3.63) is 321 Å². The van der Waals surface area contributed by atoms with Gasteiger partial charge in [-0.1, -0.05) is 206 Å². The molecule has 0 atom stereocenters. The summed E-state index contributed by atoms with van der Waals surface area (Å²) in [5, 5.41) is 2.86. The van der Waals surface area contributed by atoms with Crippen molar-refractivity contribution < 1.29 is 46.4 Å². The van der Waals surface area contributed by atoms with Crippen LogP contribution in [-0.2, 0) is 55.9 Å². The quantitative estimate of drug-likeness (QED) is 0.0405. The predicted molar refractivity (Wildman–Crippen MR) is 434 cm³/mol. The van der Waals surface area contributed by atoms with E-state index in [1.54, 1.807) is 63.9 Å². The van der Waals surface area contributed by atoms with Crippen molar-refractivity contribution in [3.8, 4) is 34.5 Å². The maximum atomic E-state index is 13.7. The maximum Gasteiger partial charge on any atom is 0.255 e. The third kappa shape index (κ3) is 23.6. The van der Waals surface area contributed by atoms with Gasteiger partial charge in [-0.2, -0.15) is 4.31 Å². The van der Waals surface area contributed by atoms with Gasteiger partial charge < -0.3 is 48.0 Å². The molecule has 0 N–H and O–H groups in total. The van der Waals surface area contributed by atoms with Gasteiger partial charge in [-0.3, -0.25) is 14.6 Å². The van der Waals surface area contributed by atoms with Gasteiger partial charge in [0.15, 0.2) is 34.5 Å². The number of hydrogen-bond donors (Lipinski definition) is 0. The molecule has 16 nitrogen and oxygen atoms in total. The van der Waals surface area contributed by atoms with E-state index in [1.165, 1.54) is 30.0 Å². The van der Waals surface area contributed by atoms with E-state index in [0.29, 0.717) is 116 Å². The lowest BCUT2D eigenvalue weighted by molar-refractivity contribution is 0.0714. The van der Waals surface area contributed by atoms with Crippen LogP contribution in [-0.4, -0.2) is 129 Å². The number of fused-ring (bicyclic) bond motifs is 1. The van der Waals surface area contributed by atoms with Crippen molar-refractivity contribution in [2.24, 2.45) is 0 Å². The topological polar surface area (TPSA) is 153 Å². The van der Waals surface area contributed by atoms with Crippen LogP contribution in [0.3, 0.4) is 0 Å². The summed E-state index contributed by atoms with van der Waals surface area (Å²) in [6.45, 7) is 9.71. The Morgan fingerprint density at radius 3 is 1.33 bits per heavy atom. The van der Waals surface area contributed by atoms with E-state index >= 15 is 0 Å². The van der Waals surface area contributed by atoms with Gasteiger partial charge in [0, 0.05) is 76.2 Å². The molecule has 2 aliphatic heterocycles. The van der Waals surface area contributed by atoms with Crippen molar-refractivity contribution in [2.45, 2.75) is 89.3 Å². The van der Waals surface area contributed by atoms with E-state index in [-0.39, 0.29) is 28.3 Å². The number of benzene rings is 10. The Labute approximate surface area is 652 Å². The van der Waals surface area contributed by atoms with Crippen LogP contribution in [0.25, 0.3) is 10.8 Å². The molecule has 3 heterocycles. The number of hydrogen-bond acceptors (Lipinski definition) is 13. The minimum Gasteiger partial charge on any atom is -0.493 e. The molecule has 11 aromatic rings. The number of rotatable bonds is 31. The van der Waals surface area contributed by atoms with Crippen LogP contribution < -0.4 is 28.4 Å². The van der Waals surface area contributed by atoms with Crippen molar-refractivity contribution in [2.75, 3.05) is 80.2 Å². The lowest BCUT2D eigenvalue weighted by Gasteiger charge is -2.30. The number of amides is 2. The monoisotopic (exact) mass is 1520 g/mol. The summed E-state index contributed by atoms with van der Waals surface area (Å²) in [5.74, 6) is 3.73. The molecule has 13 rings (SSSR count). The van der Waals surface area contributed by atoms with Gasteiger partial charge in [-0.25, -0.2) is 8.42 Å². The first kappa shape index (κ1) is 79.8. The summed E-state index contributed by atoms with van der Waals surface area (Å²) < 4.78 is 63.7. The molecule has 0 radical (unpaired) electrons. The summed E-state index contributed by atoms with van der Waals surface area (Å²) in [6, 6.07) is 80.9. The van der Waals surface area contributed by atoms with Gasteiger partial charge >= 0.3 is 0 Å². The molecule has 19 heteroatoms. The van der Waals surface area contributed by atoms with Gasteiger partial charge in [-0.15, -0.1) is 0 Å². The molecule has 0 saturated carbocycles. The Morgan fingerprint density at radius 2 is 0.844 bits per heavy atom. The van der Waals surface area contributed by atoms with Crippen molar-refractivity contribution in [1.82, 2.24) is 28.9 Å². The molecule has 109 heavy (non-hydrogen) atoms. The molecule has 10 aromatic carbocycles. The second kappa shape index (κ2) is 41.4. The molecule has 1 aromatic heterocycles. The van der Waals surface area contributed by atoms with Crippen molar-refractivity contribution in [1.29, 1.82) is 0 Å². The van der Waals surface area contributed by atoms with E-state index in [0.717, 1.165) is 95.4 Å². The number of halogens is 2. The van der Waals surface area contributed by atoms with E-state index in [9.17, 15) is 18.0 Å². The first-order chi connectivity index (χ1) is 53.3. The number of carbonyl (C=O) groups is 2. The lowest BCUT2D eigenvalue weighted by atomic mass is 10.1. The summed E-state index contributed by atoms with van der Waals surface area (Å²) in [5.41, 5.74) is 8.13. The lowest BCUT2D eigenvalue weighted by Crippen LogP contribution is -2.40. The summed E-state index contributed by atoms with van der Waals surface area (Å²) in [6.07, 6.45) is 9.71. The first-order valence-electron chi connectivity index (χ1n) is 37.2. The van der Waals surface area contributed by atoms with Gasteiger partial charge in [-0.05, 0) is 181 Å². The number of pyridine rings is 1. The largest absolute Gasteiger partial charge is 0.493 e. The first-order valence-corrected chi connectivity index (χ1v) is 39.4. The van der Waals surface area contributed by atoms with Crippen LogP contribution in [0.4, 0.5) is 0 Å². The number of carbonyl (C=O) groups excluding carboxylic acids is 2. The molecule has 0 unspecified atom stereocenters. The number of piperidine rings is 2. The fraction of sp³-hybridized carbons (Fsp3) is 0.278. The van der Waals surface area contributed by atoms with Crippen LogP contribution in [0.2, 0.25) is 10.0 Å². The Morgan fingerprint density at radius 1 is 0.404 bits per heavy atom. The third-order valence-corrected chi connectivity index (χ3v) is 21.9. The fourth-order valence-electron chi connectivity index (χ4n) is 13.2. The number of aromatic nitrogens is 1. The van der Waals surface area contributed by atoms with Crippen LogP contribution in [0.15, 0.2) is 266 Å². The number of likely N-dealkylation sites (tertiary alicyclic amines) is 2. The van der Waals surface area contributed by atoms with E-state index < -0.39 is 10.0 Å². The standard InChI is InChI=1S/C33H30N2O3.C29H33ClN2O3.C28H33ClN2O4S/c1-37-32-21-26(14-17-31(32)38-24-25-9-3-2-4-10-25)23-35(20-18-30-13-7-8-19-34-30)33(36)29-16-15-27-11-5-6-12-28(27)22-29;1-34-28-20-24(14-15-27(28)35-22-23-10-4-2-5-11-23)21-32(19-18-31-16-8-3-9-17-31)29(33)25-12-6-7-13-26(25)30;1-34-27-20-24(14-15-26(27)35-22-23-10-4-2-5-11-23)21-31(19-18-30-16-8-3-9-17-30)36(32,33)28-13-7-6-12-25(28)29/h2-17,19,21-22H,18,20,23-24H2,1H3;2,4-7,10-15,20H,3,8-9,16-19,21-22H2,1H3;2,4-7,10-15,20H,3,8-9,16-19,21-22H2,1H3. The molecule has 2 fully saturated rings. The van der Waals surface area contributed by atoms with Gasteiger partial charge in [0.1, 0.15) is 24.7 Å². The zero-order chi connectivity index (χ0) is 76.0. The van der Waals surface area contributed by atoms with Gasteiger partial charge in [0.05, 0.1) is 36.9 Å². The van der Waals surface area contributed by atoms with Crippen molar-refractivity contribution in [3.63, 3.8) is 0 Å². The van der Waals surface area contributed by atoms with Crippen LogP contribution in [0, 0.1) is 0 Å². The highest BCUT2D eigenvalue weighted by molar-refractivity contribution is 7.89. The zero-order valence-electron chi connectivity index (χ0n) is 62.3. The number of methoxy groups -OCH3 is 3. The highest BCUT2D eigenvalue weighted by Gasteiger charge is 2.29. The molecule has 0 aliphatic carbocycles. The predicted octanol–water partition coefficient (Wildman–Crippen LogP) is 18.4. The normalized spacial score (nSPS) is 13.0. The molecular weight excluding hydrogens is 1430 g/mol. The van der Waals surface area contributed by atoms with Gasteiger partial charge in [0.2, 0.25) is 10.0 Å². The second-order valence-corrected chi connectivity index (χ2v) is 29.6. The maximum absolute atomic E-state index is 13.7. The third-order valence-electron chi connectivity index (χ3n) is 19.2. The van der Waals surface area contributed by atoms with E-state index in [4.69, 9.17) is 51.6 Å². The average Bonchev–Trinajstić information content (AvgIpc) is 0.800. The molecular formula is C90H96Cl2N6O10S. The molecule has 2 saturated heterocycles.